The number of nitrogens with two attached hydrogens (primary N) is 3. The minimum atomic E-state index is -1.95. The van der Waals surface area contributed by atoms with Gasteiger partial charge in [0, 0.05) is 87.7 Å². The first kappa shape index (κ1) is 88.7. The van der Waals surface area contributed by atoms with Crippen molar-refractivity contribution in [2.45, 2.75) is 195 Å². The van der Waals surface area contributed by atoms with E-state index in [0.717, 1.165) is 6.92 Å². The molecule has 0 bridgehead atoms. The number of benzene rings is 3. The Hall–Kier alpha value is -12.7. The molecule has 0 spiro atoms. The second-order valence-corrected chi connectivity index (χ2v) is 25.4. The Morgan fingerprint density at radius 3 is 0.872 bits per heavy atom. The van der Waals surface area contributed by atoms with Gasteiger partial charge in [-0.3, -0.25) is 91.1 Å². The largest absolute Gasteiger partial charge is 0.481 e. The molecule has 0 saturated carbocycles. The molecule has 11 atom stereocenters. The molecule has 23 N–H and O–H groups in total. The molecule has 590 valence electrons. The third-order valence-corrected chi connectivity index (χ3v) is 16.8. The van der Waals surface area contributed by atoms with Gasteiger partial charge in [0.15, 0.2) is 5.78 Å². The summed E-state index contributed by atoms with van der Waals surface area (Å²) in [6.07, 6.45) is -10.2. The average molecular weight is 1530 g/mol. The van der Waals surface area contributed by atoms with Crippen LogP contribution in [0.15, 0.2) is 91.1 Å². The summed E-state index contributed by atoms with van der Waals surface area (Å²) in [5.74, 6) is -23.3. The number of rotatable bonds is 51. The molecular formula is C70H90N14O25. The molecule has 12 amide bonds. The average Bonchev–Trinajstić information content (AvgIpc) is 1.74. The van der Waals surface area contributed by atoms with E-state index in [1.165, 1.54) is 30.5 Å². The lowest BCUT2D eigenvalue weighted by atomic mass is 10.0. The summed E-state index contributed by atoms with van der Waals surface area (Å²) in [7, 11) is 0. The highest BCUT2D eigenvalue weighted by atomic mass is 16.4. The van der Waals surface area contributed by atoms with Crippen LogP contribution < -0.4 is 70.4 Å². The minimum absolute atomic E-state index is 0.321. The number of aromatic nitrogens is 1. The second-order valence-electron chi connectivity index (χ2n) is 25.4. The molecule has 3 aromatic carbocycles. The maximum absolute atomic E-state index is 15.1. The Morgan fingerprint density at radius 2 is 0.560 bits per heavy atom. The summed E-state index contributed by atoms with van der Waals surface area (Å²) in [4.78, 5) is 254. The zero-order valence-corrected chi connectivity index (χ0v) is 59.1. The number of H-pyrrole nitrogens is 1. The molecule has 0 unspecified atom stereocenters. The van der Waals surface area contributed by atoms with Crippen LogP contribution in [0.5, 0.6) is 0 Å². The Kier molecular flexibility index (Phi) is 36.6. The summed E-state index contributed by atoms with van der Waals surface area (Å²) in [6.45, 7) is 1.05. The standard InChI is InChI=1S/C70H90N14O25/c1-36(85)42(19-27-56(90)91)75-62(101)45(18-25-54(73)87)77-64(103)46(20-28-57(92)93)79-68(107)50(32-37-10-4-2-5-11-37)83-66(105)48(22-30-59(96)97)81-70(109)52(34-39-35-74-43-15-9-8-14-40(39)43)84-67(106)49(23-31-60(98)99)80-69(108)51(33-38-12-6-3-7-13-38)82-65(104)47(21-29-58(94)95)78-63(102)44(17-24-53(72)86)76-61(100)41(71)16-26-55(88)89/h2-15,35,41-42,44-52,74H,16-34,71H2,1H3,(H2,72,86)(H2,73,87)(H,75,101)(H,76,100)(H,77,103)(H,78,102)(H,79,107)(H,80,108)(H,81,109)(H,82,104)(H,83,105)(H,84,106)(H,88,89)(H,90,91)(H,92,93)(H,94,95)(H,96,97)(H,98,99)/t41-,42-,44-,45-,46-,47-,48-,49-,50-,51-,52-/m0/s1. The predicted octanol–water partition coefficient (Wildman–Crippen LogP) is -3.32. The Morgan fingerprint density at radius 1 is 0.312 bits per heavy atom. The van der Waals surface area contributed by atoms with Crippen molar-refractivity contribution in [3.63, 3.8) is 0 Å². The van der Waals surface area contributed by atoms with Crippen LogP contribution in [-0.4, -0.2) is 215 Å². The zero-order valence-electron chi connectivity index (χ0n) is 59.1. The van der Waals surface area contributed by atoms with Crippen LogP contribution in [0, 0.1) is 0 Å². The van der Waals surface area contributed by atoms with Crippen LogP contribution in [0.2, 0.25) is 0 Å². The lowest BCUT2D eigenvalue weighted by Crippen LogP contribution is -2.61. The van der Waals surface area contributed by atoms with E-state index in [-0.39, 0.29) is 0 Å². The number of fused-ring (bicyclic) bond motifs is 1. The number of ketones is 1. The van der Waals surface area contributed by atoms with Gasteiger partial charge in [-0.2, -0.15) is 0 Å². The van der Waals surface area contributed by atoms with Gasteiger partial charge in [-0.05, 0) is 81.0 Å². The van der Waals surface area contributed by atoms with Gasteiger partial charge in [0.2, 0.25) is 70.9 Å². The lowest BCUT2D eigenvalue weighted by molar-refractivity contribution is -0.139. The molecule has 109 heavy (non-hydrogen) atoms. The number of nitrogens with one attached hydrogen (secondary N) is 11. The van der Waals surface area contributed by atoms with E-state index < -0.39 is 301 Å². The van der Waals surface area contributed by atoms with Gasteiger partial charge in [0.1, 0.15) is 54.4 Å². The monoisotopic (exact) mass is 1530 g/mol. The van der Waals surface area contributed by atoms with Crippen molar-refractivity contribution in [3.05, 3.63) is 108 Å². The number of para-hydroxylation sites is 1. The van der Waals surface area contributed by atoms with Crippen molar-refractivity contribution >= 4 is 123 Å². The predicted molar refractivity (Wildman–Crippen MR) is 378 cm³/mol. The second kappa shape index (κ2) is 44.9. The van der Waals surface area contributed by atoms with E-state index in [9.17, 15) is 112 Å². The Labute approximate surface area is 621 Å². The number of hydrogen-bond acceptors (Lipinski definition) is 20. The van der Waals surface area contributed by atoms with Gasteiger partial charge >= 0.3 is 35.8 Å². The fraction of sp³-hybridized carbons (Fsp3) is 0.443. The third kappa shape index (κ3) is 32.7. The normalized spacial score (nSPS) is 14.0. The van der Waals surface area contributed by atoms with Crippen LogP contribution in [0.25, 0.3) is 10.9 Å². The van der Waals surface area contributed by atoms with Crippen molar-refractivity contribution in [3.8, 4) is 0 Å². The van der Waals surface area contributed by atoms with Crippen LogP contribution >= 0.6 is 0 Å². The van der Waals surface area contributed by atoms with Crippen molar-refractivity contribution < 1.29 is 122 Å². The third-order valence-electron chi connectivity index (χ3n) is 16.8. The van der Waals surface area contributed by atoms with Crippen molar-refractivity contribution in [1.82, 2.24) is 58.2 Å². The van der Waals surface area contributed by atoms with E-state index in [2.05, 4.69) is 58.2 Å². The van der Waals surface area contributed by atoms with E-state index in [1.54, 1.807) is 60.7 Å². The number of aliphatic carboxylic acids is 6. The fourth-order valence-electron chi connectivity index (χ4n) is 10.9. The molecule has 39 heteroatoms. The van der Waals surface area contributed by atoms with Crippen molar-refractivity contribution in [2.24, 2.45) is 17.2 Å². The van der Waals surface area contributed by atoms with Crippen LogP contribution in [-0.2, 0) is 110 Å². The lowest BCUT2D eigenvalue weighted by Gasteiger charge is -2.28. The highest BCUT2D eigenvalue weighted by Crippen LogP contribution is 2.21. The highest BCUT2D eigenvalue weighted by Gasteiger charge is 2.38. The molecule has 1 heterocycles. The first-order valence-corrected chi connectivity index (χ1v) is 34.3. The first-order chi connectivity index (χ1) is 51.5. The number of carbonyl (C=O) groups is 19. The fourth-order valence-corrected chi connectivity index (χ4v) is 10.9. The molecule has 1 aromatic heterocycles. The van der Waals surface area contributed by atoms with E-state index in [0.29, 0.717) is 27.6 Å². The van der Waals surface area contributed by atoms with Crippen LogP contribution in [0.1, 0.15) is 126 Å². The maximum Gasteiger partial charge on any atom is 0.303 e. The number of Topliss-reactive ketones (excluding diaryl/α,β-unsaturated/α-hetero) is 1. The number of carboxylic acid groups (broad SMARTS) is 6. The first-order valence-electron chi connectivity index (χ1n) is 34.3. The molecule has 4 aromatic rings. The number of hydrogen-bond donors (Lipinski definition) is 20. The quantitative estimate of drug-likeness (QED) is 0.0206. The molecule has 0 aliphatic carbocycles. The topological polar surface area (TPSA) is 660 Å². The molecular weight excluding hydrogens is 1440 g/mol. The van der Waals surface area contributed by atoms with Crippen LogP contribution in [0.3, 0.4) is 0 Å². The zero-order chi connectivity index (χ0) is 81.0. The summed E-state index contributed by atoms with van der Waals surface area (Å²) in [5, 5.41) is 81.8. The number of carboxylic acids is 6. The van der Waals surface area contributed by atoms with Crippen molar-refractivity contribution in [1.29, 1.82) is 0 Å². The van der Waals surface area contributed by atoms with E-state index in [4.69, 9.17) is 22.3 Å². The Balaban J connectivity index is 1.76. The molecule has 0 saturated heterocycles. The summed E-state index contributed by atoms with van der Waals surface area (Å²) < 4.78 is 0. The number of amides is 12. The maximum atomic E-state index is 15.1. The number of primary amides is 2. The molecule has 39 nitrogen and oxygen atoms in total. The van der Waals surface area contributed by atoms with Gasteiger partial charge in [-0.15, -0.1) is 0 Å². The van der Waals surface area contributed by atoms with Gasteiger partial charge in [0.05, 0.1) is 12.1 Å². The van der Waals surface area contributed by atoms with Gasteiger partial charge in [0.25, 0.3) is 0 Å². The molecule has 4 rings (SSSR count). The Bertz CT molecular complexity index is 3950. The molecule has 0 fully saturated rings. The van der Waals surface area contributed by atoms with Gasteiger partial charge < -0.3 is 106 Å². The SMILES string of the molecule is CC(=O)[C@H](CCC(=O)O)NC(=O)[C@H](CCC(N)=O)NC(=O)[C@H](CCC(=O)O)NC(=O)[C@H](Cc1ccccc1)NC(=O)[C@H](CCC(=O)O)NC(=O)[C@H](Cc1c[nH]c2ccccc12)NC(=O)[C@H](CCC(=O)O)NC(=O)[C@H](Cc1ccccc1)NC(=O)[C@H](CCC(=O)O)NC(=O)[C@H](CCC(N)=O)NC(=O)[C@@H](N)CCC(=O)O. The smallest absolute Gasteiger partial charge is 0.303 e. The summed E-state index contributed by atoms with van der Waals surface area (Å²) >= 11 is 0. The number of aromatic amines is 1. The van der Waals surface area contributed by atoms with Gasteiger partial charge in [-0.25, -0.2) is 0 Å². The minimum Gasteiger partial charge on any atom is -0.481 e. The van der Waals surface area contributed by atoms with Crippen LogP contribution in [0.4, 0.5) is 0 Å². The molecule has 0 radical (unpaired) electrons. The van der Waals surface area contributed by atoms with E-state index >= 15 is 4.79 Å². The van der Waals surface area contributed by atoms with Gasteiger partial charge in [-0.1, -0.05) is 78.9 Å². The molecule has 0 aliphatic rings. The van der Waals surface area contributed by atoms with Crippen molar-refractivity contribution in [2.75, 3.05) is 0 Å². The molecule has 0 aliphatic heterocycles. The number of carbonyl (C=O) groups excluding carboxylic acids is 13. The highest BCUT2D eigenvalue weighted by molar-refractivity contribution is 6.00. The summed E-state index contributed by atoms with van der Waals surface area (Å²) in [6, 6.07) is 2.56. The van der Waals surface area contributed by atoms with E-state index in [1.807, 2.05) is 0 Å². The summed E-state index contributed by atoms with van der Waals surface area (Å²) in [5.41, 5.74) is 18.0.